The zero-order valence-electron chi connectivity index (χ0n) is 37.0. The Kier molecular flexibility index (Phi) is 11.4. The van der Waals surface area contributed by atoms with Crippen molar-refractivity contribution in [3.8, 4) is 5.75 Å². The SMILES string of the molecule is CNC(=O)COc1cc2cc(Nc3nc(N4CCC(OC5CC(N6CCC7(CN(c8ccc9c(c8)C(=O)N([C@@H]8CCC(=O)NC8=O)C9)C7)C6)C5)CC4)ncc3Cl)ccc2n(C(C)C)c1=O. The number of hydrogen-bond acceptors (Lipinski definition) is 13. The monoisotopic (exact) mass is 906 g/mol. The minimum atomic E-state index is -0.603. The van der Waals surface area contributed by atoms with Crippen molar-refractivity contribution in [3.05, 3.63) is 75.2 Å². The maximum absolute atomic E-state index is 13.4. The van der Waals surface area contributed by atoms with E-state index in [1.807, 2.05) is 44.2 Å². The van der Waals surface area contributed by atoms with Crippen molar-refractivity contribution >= 4 is 69.3 Å². The van der Waals surface area contributed by atoms with Gasteiger partial charge in [0.1, 0.15) is 11.1 Å². The fourth-order valence-electron chi connectivity index (χ4n) is 10.6. The number of hydrogen-bond donors (Lipinski definition) is 3. The predicted molar refractivity (Wildman–Crippen MR) is 245 cm³/mol. The molecule has 5 aliphatic heterocycles. The van der Waals surface area contributed by atoms with Gasteiger partial charge in [-0.1, -0.05) is 17.7 Å². The van der Waals surface area contributed by atoms with Crippen molar-refractivity contribution in [3.63, 3.8) is 0 Å². The quantitative estimate of drug-likeness (QED) is 0.171. The van der Waals surface area contributed by atoms with Crippen molar-refractivity contribution in [1.82, 2.24) is 35.0 Å². The lowest BCUT2D eigenvalue weighted by atomic mass is 9.78. The van der Waals surface area contributed by atoms with Gasteiger partial charge in [-0.05, 0) is 101 Å². The van der Waals surface area contributed by atoms with Crippen LogP contribution in [-0.2, 0) is 25.7 Å². The molecule has 2 aromatic carbocycles. The van der Waals surface area contributed by atoms with Crippen molar-refractivity contribution in [2.75, 3.05) is 68.0 Å². The summed E-state index contributed by atoms with van der Waals surface area (Å²) in [5, 5.41) is 9.37. The molecule has 0 bridgehead atoms. The molecule has 18 heteroatoms. The number of imide groups is 1. The largest absolute Gasteiger partial charge is 0.478 e. The number of aromatic nitrogens is 3. The Labute approximate surface area is 381 Å². The predicted octanol–water partition coefficient (Wildman–Crippen LogP) is 4.38. The average Bonchev–Trinajstić information content (AvgIpc) is 3.85. The number of carbonyl (C=O) groups is 4. The Bertz CT molecular complexity index is 2620. The summed E-state index contributed by atoms with van der Waals surface area (Å²) in [7, 11) is 1.52. The number of nitrogens with one attached hydrogen (secondary N) is 3. The molecule has 17 nitrogen and oxygen atoms in total. The second kappa shape index (κ2) is 17.2. The van der Waals surface area contributed by atoms with Gasteiger partial charge in [0, 0.05) is 92.6 Å². The van der Waals surface area contributed by atoms with Crippen LogP contribution in [0.15, 0.2) is 53.5 Å². The number of anilines is 4. The molecule has 10 rings (SSSR count). The fourth-order valence-corrected chi connectivity index (χ4v) is 10.7. The number of halogens is 1. The summed E-state index contributed by atoms with van der Waals surface area (Å²) < 4.78 is 13.9. The molecule has 1 spiro atoms. The minimum Gasteiger partial charge on any atom is -0.478 e. The van der Waals surface area contributed by atoms with Gasteiger partial charge in [0.25, 0.3) is 17.4 Å². The first-order chi connectivity index (χ1) is 31.3. The molecule has 6 aliphatic rings. The lowest BCUT2D eigenvalue weighted by Crippen LogP contribution is -2.59. The smallest absolute Gasteiger partial charge is 0.293 e. The lowest BCUT2D eigenvalue weighted by Gasteiger charge is -2.50. The van der Waals surface area contributed by atoms with Crippen LogP contribution in [0.1, 0.15) is 80.8 Å². The van der Waals surface area contributed by atoms with Gasteiger partial charge in [-0.15, -0.1) is 0 Å². The normalized spacial score (nSPS) is 23.2. The Morgan fingerprint density at radius 3 is 2.52 bits per heavy atom. The van der Waals surface area contributed by atoms with Crippen molar-refractivity contribution in [2.24, 2.45) is 5.41 Å². The van der Waals surface area contributed by atoms with E-state index in [2.05, 4.69) is 41.7 Å². The number of likely N-dealkylation sites (N-methyl/N-ethyl adjacent to an activating group) is 1. The first-order valence-electron chi connectivity index (χ1n) is 22.8. The van der Waals surface area contributed by atoms with Crippen molar-refractivity contribution in [2.45, 2.75) is 95.7 Å². The maximum atomic E-state index is 13.4. The van der Waals surface area contributed by atoms with Crippen LogP contribution in [0.25, 0.3) is 10.9 Å². The highest BCUT2D eigenvalue weighted by Gasteiger charge is 2.51. The molecule has 0 radical (unpaired) electrons. The molecular weight excluding hydrogens is 852 g/mol. The summed E-state index contributed by atoms with van der Waals surface area (Å²) in [6.45, 7) is 9.65. The topological polar surface area (TPSA) is 184 Å². The summed E-state index contributed by atoms with van der Waals surface area (Å²) in [6.07, 6.45) is 7.74. The zero-order valence-corrected chi connectivity index (χ0v) is 37.7. The van der Waals surface area contributed by atoms with E-state index in [4.69, 9.17) is 26.1 Å². The van der Waals surface area contributed by atoms with Gasteiger partial charge in [0.05, 0.1) is 23.9 Å². The third-order valence-corrected chi connectivity index (χ3v) is 14.5. The number of fused-ring (bicyclic) bond motifs is 2. The van der Waals surface area contributed by atoms with Crippen LogP contribution in [0.2, 0.25) is 5.02 Å². The van der Waals surface area contributed by atoms with E-state index in [9.17, 15) is 24.0 Å². The van der Waals surface area contributed by atoms with Gasteiger partial charge in [-0.3, -0.25) is 34.2 Å². The number of ether oxygens (including phenoxy) is 2. The van der Waals surface area contributed by atoms with Crippen molar-refractivity contribution < 1.29 is 28.7 Å². The molecule has 4 saturated heterocycles. The average molecular weight is 907 g/mol. The van der Waals surface area contributed by atoms with Crippen LogP contribution < -0.4 is 36.0 Å². The number of pyridine rings is 1. The zero-order chi connectivity index (χ0) is 45.1. The molecule has 3 N–H and O–H groups in total. The number of likely N-dealkylation sites (tertiary alicyclic amines) is 1. The number of benzene rings is 2. The highest BCUT2D eigenvalue weighted by molar-refractivity contribution is 6.33. The molecule has 7 heterocycles. The molecule has 65 heavy (non-hydrogen) atoms. The number of piperidine rings is 2. The summed E-state index contributed by atoms with van der Waals surface area (Å²) in [5.41, 5.74) is 4.07. The van der Waals surface area contributed by atoms with E-state index in [0.717, 1.165) is 92.8 Å². The molecular formula is C47H55ClN10O7. The van der Waals surface area contributed by atoms with Gasteiger partial charge in [0.15, 0.2) is 18.2 Å². The molecule has 342 valence electrons. The molecule has 5 fully saturated rings. The minimum absolute atomic E-state index is 0.0963. The molecule has 4 aromatic rings. The van der Waals surface area contributed by atoms with Crippen LogP contribution in [-0.4, -0.2) is 125 Å². The number of rotatable bonds is 12. The van der Waals surface area contributed by atoms with E-state index in [1.54, 1.807) is 21.7 Å². The second-order valence-electron chi connectivity index (χ2n) is 18.9. The number of carbonyl (C=O) groups excluding carboxylic acids is 4. The molecule has 2 aromatic heterocycles. The second-order valence-corrected chi connectivity index (χ2v) is 19.3. The Hall–Kier alpha value is -5.78. The molecule has 1 saturated carbocycles. The summed E-state index contributed by atoms with van der Waals surface area (Å²) in [5.74, 6) is 0.0405. The Balaban J connectivity index is 0.686. The molecule has 1 aliphatic carbocycles. The van der Waals surface area contributed by atoms with Crippen LogP contribution >= 0.6 is 11.6 Å². The van der Waals surface area contributed by atoms with E-state index in [0.29, 0.717) is 41.4 Å². The molecule has 0 unspecified atom stereocenters. The summed E-state index contributed by atoms with van der Waals surface area (Å²) in [6, 6.07) is 13.2. The molecule has 1 atom stereocenters. The lowest BCUT2D eigenvalue weighted by molar-refractivity contribution is -0.137. The van der Waals surface area contributed by atoms with Crippen LogP contribution in [0.4, 0.5) is 23.1 Å². The van der Waals surface area contributed by atoms with E-state index < -0.39 is 6.04 Å². The molecule has 4 amide bonds. The third-order valence-electron chi connectivity index (χ3n) is 14.2. The fraction of sp³-hybridized carbons (Fsp3) is 0.511. The highest BCUT2D eigenvalue weighted by Crippen LogP contribution is 2.45. The Morgan fingerprint density at radius 1 is 0.969 bits per heavy atom. The van der Waals surface area contributed by atoms with Crippen molar-refractivity contribution in [1.29, 1.82) is 0 Å². The standard InChI is InChI=1S/C47H55ClN10O7/c1-27(2)58-37-7-5-30(16-29(37)17-39(45(58)63)64-23-41(60)49-3)51-42-36(48)21-50-46(53-42)54-13-10-33(11-14-54)65-34-18-32(19-34)55-15-12-47(24-55)25-56(26-47)31-6-4-28-22-57(44(62)35(28)20-31)38-8-9-40(59)52-43(38)61/h4-7,16-17,20-21,27,32-34,38H,8-15,18-19,22-26H2,1-3H3,(H,49,60)(H,50,51,53)(H,52,59,61)/t32?,34?,38-/m1/s1. The van der Waals surface area contributed by atoms with Gasteiger partial charge in [-0.25, -0.2) is 4.98 Å². The van der Waals surface area contributed by atoms with Crippen LogP contribution in [0, 0.1) is 5.41 Å². The van der Waals surface area contributed by atoms with Crippen LogP contribution in [0.5, 0.6) is 5.75 Å². The van der Waals surface area contributed by atoms with E-state index in [-0.39, 0.29) is 71.6 Å². The van der Waals surface area contributed by atoms with Gasteiger partial charge in [-0.2, -0.15) is 4.98 Å². The first-order valence-corrected chi connectivity index (χ1v) is 23.2. The Morgan fingerprint density at radius 2 is 1.77 bits per heavy atom. The van der Waals surface area contributed by atoms with E-state index >= 15 is 0 Å². The van der Waals surface area contributed by atoms with Gasteiger partial charge < -0.3 is 39.4 Å². The third kappa shape index (κ3) is 8.38. The first kappa shape index (κ1) is 43.1. The van der Waals surface area contributed by atoms with Crippen LogP contribution in [0.3, 0.4) is 0 Å². The summed E-state index contributed by atoms with van der Waals surface area (Å²) in [4.78, 5) is 80.9. The maximum Gasteiger partial charge on any atom is 0.293 e. The highest BCUT2D eigenvalue weighted by atomic mass is 35.5. The summed E-state index contributed by atoms with van der Waals surface area (Å²) >= 11 is 6.61. The van der Waals surface area contributed by atoms with E-state index in [1.165, 1.54) is 13.5 Å². The van der Waals surface area contributed by atoms with Gasteiger partial charge in [0.2, 0.25) is 17.8 Å². The number of nitrogens with zero attached hydrogens (tertiary/aromatic N) is 7. The number of amides is 4. The van der Waals surface area contributed by atoms with Gasteiger partial charge >= 0.3 is 0 Å².